The number of hydrogen-bond acceptors (Lipinski definition) is 2. The predicted octanol–water partition coefficient (Wildman–Crippen LogP) is 1.62. The standard InChI is InChI=1S/C8H18N2O.C2H6/c1-3-8(11)10(4-2)7-5-6-9;1-2/h3-7,9H2,1-2H3;1-2H3. The van der Waals surface area contributed by atoms with Gasteiger partial charge in [-0.2, -0.15) is 0 Å². The van der Waals surface area contributed by atoms with Crippen molar-refractivity contribution >= 4 is 5.91 Å². The van der Waals surface area contributed by atoms with Crippen molar-refractivity contribution in [3.05, 3.63) is 0 Å². The summed E-state index contributed by atoms with van der Waals surface area (Å²) in [5.74, 6) is 0.223. The molecule has 13 heavy (non-hydrogen) atoms. The van der Waals surface area contributed by atoms with E-state index >= 15 is 0 Å². The summed E-state index contributed by atoms with van der Waals surface area (Å²) in [6, 6.07) is 0. The van der Waals surface area contributed by atoms with Gasteiger partial charge in [0.15, 0.2) is 0 Å². The first-order valence-electron chi connectivity index (χ1n) is 5.24. The van der Waals surface area contributed by atoms with E-state index in [0.29, 0.717) is 13.0 Å². The van der Waals surface area contributed by atoms with E-state index in [0.717, 1.165) is 19.5 Å². The maximum absolute atomic E-state index is 11.1. The van der Waals surface area contributed by atoms with E-state index in [1.165, 1.54) is 0 Å². The third kappa shape index (κ3) is 7.78. The molecule has 0 aliphatic heterocycles. The summed E-state index contributed by atoms with van der Waals surface area (Å²) in [6.45, 7) is 10.1. The van der Waals surface area contributed by atoms with Crippen LogP contribution in [0.15, 0.2) is 0 Å². The number of carbonyl (C=O) groups excluding carboxylic acids is 1. The van der Waals surface area contributed by atoms with E-state index < -0.39 is 0 Å². The second-order valence-corrected chi connectivity index (χ2v) is 2.47. The third-order valence-electron chi connectivity index (χ3n) is 1.67. The minimum Gasteiger partial charge on any atom is -0.343 e. The van der Waals surface area contributed by atoms with Crippen LogP contribution < -0.4 is 5.73 Å². The molecule has 0 unspecified atom stereocenters. The van der Waals surface area contributed by atoms with Crippen molar-refractivity contribution in [3.8, 4) is 0 Å². The molecule has 0 saturated heterocycles. The van der Waals surface area contributed by atoms with Crippen LogP contribution >= 0.6 is 0 Å². The van der Waals surface area contributed by atoms with Gasteiger partial charge < -0.3 is 10.6 Å². The highest BCUT2D eigenvalue weighted by atomic mass is 16.2. The first-order valence-corrected chi connectivity index (χ1v) is 5.24. The summed E-state index contributed by atoms with van der Waals surface area (Å²) in [7, 11) is 0. The van der Waals surface area contributed by atoms with Crippen molar-refractivity contribution in [1.29, 1.82) is 0 Å². The molecule has 0 bridgehead atoms. The Morgan fingerprint density at radius 3 is 2.15 bits per heavy atom. The number of carbonyl (C=O) groups is 1. The lowest BCUT2D eigenvalue weighted by Crippen LogP contribution is -2.32. The molecule has 0 atom stereocenters. The van der Waals surface area contributed by atoms with Crippen molar-refractivity contribution in [2.45, 2.75) is 40.5 Å². The molecule has 0 radical (unpaired) electrons. The summed E-state index contributed by atoms with van der Waals surface area (Å²) in [6.07, 6.45) is 1.50. The van der Waals surface area contributed by atoms with Crippen molar-refractivity contribution in [3.63, 3.8) is 0 Å². The summed E-state index contributed by atoms with van der Waals surface area (Å²) < 4.78 is 0. The van der Waals surface area contributed by atoms with E-state index in [2.05, 4.69) is 0 Å². The number of nitrogens with zero attached hydrogens (tertiary/aromatic N) is 1. The Kier molecular flexibility index (Phi) is 13.1. The molecule has 0 aromatic carbocycles. The second-order valence-electron chi connectivity index (χ2n) is 2.47. The average molecular weight is 188 g/mol. The molecule has 0 rings (SSSR count). The Morgan fingerprint density at radius 2 is 1.85 bits per heavy atom. The Hall–Kier alpha value is -0.570. The highest BCUT2D eigenvalue weighted by Crippen LogP contribution is 1.94. The molecular weight excluding hydrogens is 164 g/mol. The van der Waals surface area contributed by atoms with Gasteiger partial charge in [-0.15, -0.1) is 0 Å². The maximum Gasteiger partial charge on any atom is 0.222 e. The van der Waals surface area contributed by atoms with E-state index in [1.807, 2.05) is 32.6 Å². The zero-order chi connectivity index (χ0) is 10.7. The number of nitrogens with two attached hydrogens (primary N) is 1. The number of amides is 1. The quantitative estimate of drug-likeness (QED) is 0.712. The number of hydrogen-bond donors (Lipinski definition) is 1. The van der Waals surface area contributed by atoms with Gasteiger partial charge in [-0.25, -0.2) is 0 Å². The largest absolute Gasteiger partial charge is 0.343 e. The highest BCUT2D eigenvalue weighted by molar-refractivity contribution is 5.75. The van der Waals surface area contributed by atoms with Crippen LogP contribution in [-0.4, -0.2) is 30.4 Å². The van der Waals surface area contributed by atoms with E-state index in [4.69, 9.17) is 5.73 Å². The normalized spacial score (nSPS) is 8.69. The number of rotatable bonds is 5. The molecule has 0 aliphatic carbocycles. The molecule has 0 aromatic rings. The summed E-state index contributed by atoms with van der Waals surface area (Å²) in [5.41, 5.74) is 5.34. The Morgan fingerprint density at radius 1 is 1.31 bits per heavy atom. The molecule has 0 fully saturated rings. The lowest BCUT2D eigenvalue weighted by molar-refractivity contribution is -0.130. The van der Waals surface area contributed by atoms with Crippen LogP contribution in [0.3, 0.4) is 0 Å². The molecular formula is C10H24N2O. The van der Waals surface area contributed by atoms with Gasteiger partial charge in [0, 0.05) is 19.5 Å². The third-order valence-corrected chi connectivity index (χ3v) is 1.67. The molecule has 0 heterocycles. The molecule has 0 aliphatic rings. The Bertz CT molecular complexity index is 115. The summed E-state index contributed by atoms with van der Waals surface area (Å²) >= 11 is 0. The fourth-order valence-electron chi connectivity index (χ4n) is 0.965. The van der Waals surface area contributed by atoms with Gasteiger partial charge in [-0.1, -0.05) is 20.8 Å². The fraction of sp³-hybridized carbons (Fsp3) is 0.900. The van der Waals surface area contributed by atoms with E-state index in [-0.39, 0.29) is 5.91 Å². The van der Waals surface area contributed by atoms with Crippen molar-refractivity contribution < 1.29 is 4.79 Å². The first kappa shape index (κ1) is 14.9. The van der Waals surface area contributed by atoms with Crippen LogP contribution in [0, 0.1) is 0 Å². The van der Waals surface area contributed by atoms with E-state index in [9.17, 15) is 4.79 Å². The predicted molar refractivity (Wildman–Crippen MR) is 57.6 cm³/mol. The molecule has 1 amide bonds. The van der Waals surface area contributed by atoms with Crippen LogP contribution in [0.1, 0.15) is 40.5 Å². The SMILES string of the molecule is CC.CCC(=O)N(CC)CCCN. The van der Waals surface area contributed by atoms with Crippen molar-refractivity contribution in [2.24, 2.45) is 5.73 Å². The van der Waals surface area contributed by atoms with Gasteiger partial charge in [0.2, 0.25) is 5.91 Å². The fourth-order valence-corrected chi connectivity index (χ4v) is 0.965. The van der Waals surface area contributed by atoms with Crippen LogP contribution in [0.2, 0.25) is 0 Å². The van der Waals surface area contributed by atoms with Crippen LogP contribution in [-0.2, 0) is 4.79 Å². The average Bonchev–Trinajstić information content (AvgIpc) is 2.21. The molecule has 2 N–H and O–H groups in total. The van der Waals surface area contributed by atoms with Crippen molar-refractivity contribution in [2.75, 3.05) is 19.6 Å². The smallest absolute Gasteiger partial charge is 0.222 e. The zero-order valence-electron chi connectivity index (χ0n) is 9.47. The molecule has 3 heteroatoms. The minimum atomic E-state index is 0.223. The van der Waals surface area contributed by atoms with Gasteiger partial charge in [-0.05, 0) is 19.9 Å². The van der Waals surface area contributed by atoms with Gasteiger partial charge in [0.25, 0.3) is 0 Å². The molecule has 3 nitrogen and oxygen atoms in total. The van der Waals surface area contributed by atoms with Crippen LogP contribution in [0.5, 0.6) is 0 Å². The van der Waals surface area contributed by atoms with E-state index in [1.54, 1.807) is 0 Å². The first-order chi connectivity index (χ1) is 6.26. The molecule has 0 spiro atoms. The Labute approximate surface area is 82.3 Å². The Balaban J connectivity index is 0. The topological polar surface area (TPSA) is 46.3 Å². The summed E-state index contributed by atoms with van der Waals surface area (Å²) in [5, 5.41) is 0. The monoisotopic (exact) mass is 188 g/mol. The van der Waals surface area contributed by atoms with Crippen LogP contribution in [0.25, 0.3) is 0 Å². The minimum absolute atomic E-state index is 0.223. The lowest BCUT2D eigenvalue weighted by Gasteiger charge is -2.19. The van der Waals surface area contributed by atoms with Crippen molar-refractivity contribution in [1.82, 2.24) is 4.90 Å². The zero-order valence-corrected chi connectivity index (χ0v) is 9.47. The highest BCUT2D eigenvalue weighted by Gasteiger charge is 2.06. The second kappa shape index (κ2) is 11.4. The molecule has 0 saturated carbocycles. The van der Waals surface area contributed by atoms with Gasteiger partial charge >= 0.3 is 0 Å². The maximum atomic E-state index is 11.1. The molecule has 80 valence electrons. The lowest BCUT2D eigenvalue weighted by atomic mass is 10.3. The summed E-state index contributed by atoms with van der Waals surface area (Å²) in [4.78, 5) is 13.0. The van der Waals surface area contributed by atoms with Gasteiger partial charge in [0.1, 0.15) is 0 Å². The van der Waals surface area contributed by atoms with Gasteiger partial charge in [-0.3, -0.25) is 4.79 Å². The van der Waals surface area contributed by atoms with Crippen LogP contribution in [0.4, 0.5) is 0 Å². The van der Waals surface area contributed by atoms with Gasteiger partial charge in [0.05, 0.1) is 0 Å². The molecule has 0 aromatic heterocycles.